The van der Waals surface area contributed by atoms with E-state index in [1.807, 2.05) is 81.2 Å². The van der Waals surface area contributed by atoms with Crippen LogP contribution in [0.15, 0.2) is 106 Å². The molecule has 0 bridgehead atoms. The molecule has 0 radical (unpaired) electrons. The van der Waals surface area contributed by atoms with Gasteiger partial charge in [-0.2, -0.15) is 0 Å². The number of aliphatic hydroxyl groups excluding tert-OH is 1. The number of fused-ring (bicyclic) bond motifs is 2. The van der Waals surface area contributed by atoms with Crippen LogP contribution in [-0.2, 0) is 47.7 Å². The van der Waals surface area contributed by atoms with Gasteiger partial charge in [-0.05, 0) is 140 Å². The summed E-state index contributed by atoms with van der Waals surface area (Å²) in [6.07, 6.45) is 13.3. The van der Waals surface area contributed by atoms with E-state index in [9.17, 15) is 44.0 Å². The molecule has 1 aliphatic carbocycles. The second-order valence-corrected chi connectivity index (χ2v) is 21.9. The molecular weight excluding hydrogens is 936 g/mol. The third-order valence-electron chi connectivity index (χ3n) is 11.7. The summed E-state index contributed by atoms with van der Waals surface area (Å²) >= 11 is 6.55. The number of halogens is 1. The second-order valence-electron chi connectivity index (χ2n) is 17.0. The van der Waals surface area contributed by atoms with Crippen LogP contribution in [0.4, 0.5) is 11.5 Å². The Labute approximate surface area is 432 Å². The van der Waals surface area contributed by atoms with Gasteiger partial charge in [-0.25, -0.2) is 29.8 Å². The first kappa shape index (κ1) is 55.4. The molecule has 0 amide bonds. The predicted molar refractivity (Wildman–Crippen MR) is 239 cm³/mol. The molecule has 3 heterocycles. The van der Waals surface area contributed by atoms with Gasteiger partial charge in [-0.3, -0.25) is 0 Å². The Morgan fingerprint density at radius 3 is 2.23 bits per heavy atom. The standard InChI is InChI=1S/C45H54ClN3O11S3.2Na/c1-44(2)38-28-34(46)30-48(21-9-25-61(51,52)53)43(38)47-40(44)19-15-31-11-7-12-32(42(31)33-13-8-14-35(27-33)60-24-6-5-23-50)16-20-41-45(3,4)37-29-36(63(57,58)59)17-18-39(37)49(41)22-10-26-62(54,55)56;;/h8,13-20,27-30,50H,5-7,9-12,21-26H2,1-4H3,(H2-,51,52,53,54,55,56,57,58,59);;/q;2*+1/p-2. The quantitative estimate of drug-likeness (QED) is 0.0808. The first-order chi connectivity index (χ1) is 29.5. The van der Waals surface area contributed by atoms with Crippen molar-refractivity contribution in [1.29, 1.82) is 0 Å². The number of allylic oxidation sites excluding steroid dienone is 8. The van der Waals surface area contributed by atoms with Gasteiger partial charge in [0.15, 0.2) is 5.71 Å². The van der Waals surface area contributed by atoms with Crippen LogP contribution in [0, 0.1) is 0 Å². The zero-order valence-corrected chi connectivity index (χ0v) is 44.9. The molecule has 2 aromatic carbocycles. The maximum Gasteiger partial charge on any atom is 1.00 e. The number of aryl methyl sites for hydroxylation is 1. The zero-order valence-electron chi connectivity index (χ0n) is 37.7. The van der Waals surface area contributed by atoms with Crippen molar-refractivity contribution >= 4 is 64.7 Å². The fraction of sp³-hybridized carbons (Fsp3) is 0.422. The van der Waals surface area contributed by atoms with Crippen molar-refractivity contribution in [2.24, 2.45) is 4.99 Å². The first-order valence-electron chi connectivity index (χ1n) is 20.7. The molecule has 65 heavy (non-hydrogen) atoms. The van der Waals surface area contributed by atoms with Crippen LogP contribution in [0.5, 0.6) is 5.75 Å². The van der Waals surface area contributed by atoms with E-state index in [-0.39, 0.29) is 96.5 Å². The summed E-state index contributed by atoms with van der Waals surface area (Å²) in [7, 11) is -13.7. The van der Waals surface area contributed by atoms with Crippen molar-refractivity contribution in [3.05, 3.63) is 118 Å². The maximum absolute atomic E-state index is 12.1. The topological polar surface area (TPSA) is 221 Å². The van der Waals surface area contributed by atoms with Crippen molar-refractivity contribution in [2.45, 2.75) is 94.9 Å². The summed E-state index contributed by atoms with van der Waals surface area (Å²) in [6, 6.07) is 13.8. The van der Waals surface area contributed by atoms with Crippen LogP contribution in [0.25, 0.3) is 5.57 Å². The molecule has 6 rings (SSSR count). The number of anilines is 1. The summed E-state index contributed by atoms with van der Waals surface area (Å²) in [4.78, 5) is 6.52. The van der Waals surface area contributed by atoms with E-state index in [2.05, 4.69) is 6.08 Å². The number of unbranched alkanes of at least 4 members (excludes halogenated alkanes) is 1. The summed E-state index contributed by atoms with van der Waals surface area (Å²) < 4.78 is 113. The number of benzene rings is 2. The number of ether oxygens (including phenoxy) is 1. The Bertz CT molecular complexity index is 2770. The van der Waals surface area contributed by atoms with E-state index in [0.29, 0.717) is 53.7 Å². The molecule has 0 saturated heterocycles. The van der Waals surface area contributed by atoms with Gasteiger partial charge in [0.25, 0.3) is 0 Å². The van der Waals surface area contributed by atoms with E-state index < -0.39 is 52.7 Å². The summed E-state index contributed by atoms with van der Waals surface area (Å²) in [5.74, 6) is 0.179. The molecule has 3 aliphatic rings. The summed E-state index contributed by atoms with van der Waals surface area (Å²) in [6.45, 7) is 8.73. The summed E-state index contributed by atoms with van der Waals surface area (Å²) in [5.41, 5.74) is 5.92. The van der Waals surface area contributed by atoms with Crippen molar-refractivity contribution in [1.82, 2.24) is 0 Å². The van der Waals surface area contributed by atoms with Gasteiger partial charge < -0.3 is 28.4 Å². The van der Waals surface area contributed by atoms with E-state index in [0.717, 1.165) is 52.1 Å². The van der Waals surface area contributed by atoms with Crippen molar-refractivity contribution in [3.8, 4) is 5.75 Å². The minimum absolute atomic E-state index is 0. The van der Waals surface area contributed by atoms with Gasteiger partial charge in [0.2, 0.25) is 0 Å². The van der Waals surface area contributed by atoms with Gasteiger partial charge >= 0.3 is 64.9 Å². The van der Waals surface area contributed by atoms with Crippen LogP contribution >= 0.6 is 11.6 Å². The molecule has 3 aromatic rings. The molecule has 340 valence electrons. The molecule has 20 heteroatoms. The maximum atomic E-state index is 12.1. The molecule has 2 aliphatic heterocycles. The van der Waals surface area contributed by atoms with Gasteiger partial charge in [0, 0.05) is 41.5 Å². The minimum Gasteiger partial charge on any atom is -0.748 e. The molecule has 0 fully saturated rings. The number of nitrogens with zero attached hydrogens (tertiary/aromatic N) is 3. The predicted octanol–water partition coefficient (Wildman–Crippen LogP) is 0.727. The minimum atomic E-state index is -4.78. The number of rotatable bonds is 18. The number of hydrogen-bond acceptors (Lipinski definition) is 13. The van der Waals surface area contributed by atoms with Gasteiger partial charge in [0.05, 0.1) is 54.3 Å². The van der Waals surface area contributed by atoms with Crippen molar-refractivity contribution < 1.29 is 112 Å². The van der Waals surface area contributed by atoms with Gasteiger partial charge in [-0.1, -0.05) is 49.7 Å². The Balaban J connectivity index is 0.00000462. The van der Waals surface area contributed by atoms with Gasteiger partial charge in [-0.15, -0.1) is 0 Å². The largest absolute Gasteiger partial charge is 1.00 e. The van der Waals surface area contributed by atoms with E-state index >= 15 is 0 Å². The van der Waals surface area contributed by atoms with E-state index in [1.54, 1.807) is 16.8 Å². The number of hydrogen-bond donors (Lipinski definition) is 1. The smallest absolute Gasteiger partial charge is 0.748 e. The van der Waals surface area contributed by atoms with Crippen LogP contribution in [0.3, 0.4) is 0 Å². The fourth-order valence-electron chi connectivity index (χ4n) is 8.49. The Hall–Kier alpha value is -2.20. The SMILES string of the molecule is CC1(C)C(/C=C/C2=C(c3cccc(OCCCCO)c3)C(=C/C=C3/N(CCCS(=O)(=O)[O-])c4ccc(S(=O)(=O)[O-])cc4C3(C)C)/CCC2)=Nc2c1cc(Cl)c[n+]2CCCS(=O)(=O)[O-].[Na+].[Na+]. The first-order valence-corrected chi connectivity index (χ1v) is 25.7. The van der Waals surface area contributed by atoms with Crippen LogP contribution in [0.1, 0.15) is 89.3 Å². The fourth-order valence-corrected chi connectivity index (χ4v) is 10.2. The molecule has 14 nitrogen and oxygen atoms in total. The molecule has 0 atom stereocenters. The van der Waals surface area contributed by atoms with Crippen LogP contribution < -0.4 is 73.3 Å². The zero-order chi connectivity index (χ0) is 46.0. The molecule has 1 aromatic heterocycles. The van der Waals surface area contributed by atoms with Crippen LogP contribution in [-0.4, -0.2) is 81.0 Å². The average molecular weight is 989 g/mol. The van der Waals surface area contributed by atoms with E-state index in [4.69, 9.17) is 21.3 Å². The summed E-state index contributed by atoms with van der Waals surface area (Å²) in [5, 5.41) is 9.73. The second kappa shape index (κ2) is 22.5. The van der Waals surface area contributed by atoms with Crippen molar-refractivity contribution in [3.63, 3.8) is 0 Å². The molecule has 0 spiro atoms. The molecular formula is C45H52ClN3Na2O11S3. The monoisotopic (exact) mass is 987 g/mol. The van der Waals surface area contributed by atoms with E-state index in [1.165, 1.54) is 12.1 Å². The number of pyridine rings is 1. The number of aliphatic hydroxyl groups is 1. The van der Waals surface area contributed by atoms with Gasteiger partial charge in [0.1, 0.15) is 22.1 Å². The Kier molecular flexibility index (Phi) is 19.2. The molecule has 0 saturated carbocycles. The third kappa shape index (κ3) is 13.7. The Morgan fingerprint density at radius 2 is 1.55 bits per heavy atom. The number of aliphatic imine (C=N–C) groups is 1. The number of aromatic nitrogens is 1. The molecule has 0 unspecified atom stereocenters. The van der Waals surface area contributed by atoms with Crippen LogP contribution in [0.2, 0.25) is 5.02 Å². The Morgan fingerprint density at radius 1 is 0.846 bits per heavy atom. The third-order valence-corrected chi connectivity index (χ3v) is 14.3. The normalized spacial score (nSPS) is 18.1. The van der Waals surface area contributed by atoms with Crippen molar-refractivity contribution in [2.75, 3.05) is 36.2 Å². The molecule has 1 N–H and O–H groups in total. The average Bonchev–Trinajstić information content (AvgIpc) is 3.57.